The number of rotatable bonds is 9. The van der Waals surface area contributed by atoms with Crippen LogP contribution in [-0.4, -0.2) is 52.4 Å². The maximum absolute atomic E-state index is 11.9. The molecule has 21 heavy (non-hydrogen) atoms. The zero-order valence-corrected chi connectivity index (χ0v) is 13.7. The minimum absolute atomic E-state index is 0.0734. The average molecular weight is 315 g/mol. The number of benzene rings is 1. The lowest BCUT2D eigenvalue weighted by Crippen LogP contribution is -2.37. The number of hydrogen-bond acceptors (Lipinski definition) is 5. The molecule has 7 heteroatoms. The number of sulfonamides is 1. The number of hydrogen-bond donors (Lipinski definition) is 2. The highest BCUT2D eigenvalue weighted by Gasteiger charge is 2.15. The molecule has 1 rings (SSSR count). The summed E-state index contributed by atoms with van der Waals surface area (Å²) in [4.78, 5) is 2.02. The largest absolute Gasteiger partial charge is 0.490 e. The quantitative estimate of drug-likeness (QED) is 0.662. The van der Waals surface area contributed by atoms with Gasteiger partial charge in [-0.25, -0.2) is 13.1 Å². The van der Waals surface area contributed by atoms with E-state index in [1.807, 2.05) is 25.9 Å². The Morgan fingerprint density at radius 1 is 1.33 bits per heavy atom. The van der Waals surface area contributed by atoms with Gasteiger partial charge >= 0.3 is 0 Å². The molecule has 1 atom stereocenters. The monoisotopic (exact) mass is 315 g/mol. The summed E-state index contributed by atoms with van der Waals surface area (Å²) >= 11 is 0. The lowest BCUT2D eigenvalue weighted by atomic mass is 10.2. The Hall–Kier alpha value is -1.31. The van der Waals surface area contributed by atoms with Crippen molar-refractivity contribution in [3.05, 3.63) is 24.3 Å². The van der Waals surface area contributed by atoms with Crippen molar-refractivity contribution in [3.63, 3.8) is 0 Å². The first-order chi connectivity index (χ1) is 9.80. The third kappa shape index (κ3) is 7.31. The van der Waals surface area contributed by atoms with Crippen molar-refractivity contribution < 1.29 is 13.2 Å². The maximum Gasteiger partial charge on any atom is 0.215 e. The first-order valence-electron chi connectivity index (χ1n) is 6.92. The van der Waals surface area contributed by atoms with E-state index in [0.29, 0.717) is 11.4 Å². The van der Waals surface area contributed by atoms with E-state index in [0.717, 1.165) is 13.0 Å². The smallest absolute Gasteiger partial charge is 0.215 e. The van der Waals surface area contributed by atoms with Crippen molar-refractivity contribution in [3.8, 4) is 5.75 Å². The predicted molar refractivity (Wildman–Crippen MR) is 85.9 cm³/mol. The van der Waals surface area contributed by atoms with E-state index in [-0.39, 0.29) is 18.4 Å². The minimum Gasteiger partial charge on any atom is -0.490 e. The van der Waals surface area contributed by atoms with Gasteiger partial charge in [-0.1, -0.05) is 12.1 Å². The number of nitrogens with one attached hydrogen (secondary N) is 1. The van der Waals surface area contributed by atoms with Crippen molar-refractivity contribution in [2.24, 2.45) is 0 Å². The molecule has 0 heterocycles. The summed E-state index contributed by atoms with van der Waals surface area (Å²) in [7, 11) is 0.569. The SMILES string of the molecule is CC(CCN(C)C)NS(=O)(=O)CCOc1ccccc1N. The highest BCUT2D eigenvalue weighted by atomic mass is 32.2. The lowest BCUT2D eigenvalue weighted by Gasteiger charge is -2.17. The molecule has 0 bridgehead atoms. The Morgan fingerprint density at radius 2 is 2.00 bits per heavy atom. The number of para-hydroxylation sites is 2. The third-order valence-electron chi connectivity index (χ3n) is 2.92. The van der Waals surface area contributed by atoms with Crippen LogP contribution in [0.15, 0.2) is 24.3 Å². The summed E-state index contributed by atoms with van der Waals surface area (Å²) in [6.45, 7) is 2.77. The Bertz CT molecular complexity index is 532. The van der Waals surface area contributed by atoms with E-state index in [9.17, 15) is 8.42 Å². The average Bonchev–Trinajstić information content (AvgIpc) is 2.38. The standard InChI is InChI=1S/C14H25N3O3S/c1-12(8-9-17(2)3)16-21(18,19)11-10-20-14-7-5-4-6-13(14)15/h4-7,12,16H,8-11,15H2,1-3H3. The molecule has 0 saturated carbocycles. The van der Waals surface area contributed by atoms with Crippen LogP contribution in [0.25, 0.3) is 0 Å². The van der Waals surface area contributed by atoms with E-state index in [4.69, 9.17) is 10.5 Å². The molecule has 120 valence electrons. The van der Waals surface area contributed by atoms with E-state index < -0.39 is 10.0 Å². The van der Waals surface area contributed by atoms with Crippen molar-refractivity contribution in [2.45, 2.75) is 19.4 Å². The number of ether oxygens (including phenoxy) is 1. The fraction of sp³-hybridized carbons (Fsp3) is 0.571. The second kappa shape index (κ2) is 8.21. The van der Waals surface area contributed by atoms with Crippen molar-refractivity contribution >= 4 is 15.7 Å². The summed E-state index contributed by atoms with van der Waals surface area (Å²) in [5.41, 5.74) is 6.23. The van der Waals surface area contributed by atoms with Crippen LogP contribution >= 0.6 is 0 Å². The third-order valence-corrected chi connectivity index (χ3v) is 4.38. The Morgan fingerprint density at radius 3 is 2.62 bits per heavy atom. The van der Waals surface area contributed by atoms with Gasteiger partial charge in [-0.15, -0.1) is 0 Å². The summed E-state index contributed by atoms with van der Waals surface area (Å²) in [5.74, 6) is 0.418. The molecule has 0 aromatic heterocycles. The van der Waals surface area contributed by atoms with Gasteiger partial charge in [0.2, 0.25) is 10.0 Å². The van der Waals surface area contributed by atoms with Crippen LogP contribution in [0, 0.1) is 0 Å². The highest BCUT2D eigenvalue weighted by molar-refractivity contribution is 7.89. The van der Waals surface area contributed by atoms with Crippen LogP contribution in [0.4, 0.5) is 5.69 Å². The molecular weight excluding hydrogens is 290 g/mol. The number of nitrogens with zero attached hydrogens (tertiary/aromatic N) is 1. The summed E-state index contributed by atoms with van der Waals surface area (Å²) in [5, 5.41) is 0. The van der Waals surface area contributed by atoms with Gasteiger partial charge in [0.25, 0.3) is 0 Å². The molecule has 0 aliphatic heterocycles. The van der Waals surface area contributed by atoms with Crippen LogP contribution in [0.1, 0.15) is 13.3 Å². The molecule has 1 aromatic rings. The van der Waals surface area contributed by atoms with Gasteiger partial charge < -0.3 is 15.4 Å². The molecule has 0 aliphatic carbocycles. The molecule has 0 fully saturated rings. The maximum atomic E-state index is 11.9. The van der Waals surface area contributed by atoms with Gasteiger partial charge in [-0.2, -0.15) is 0 Å². The number of anilines is 1. The first-order valence-corrected chi connectivity index (χ1v) is 8.57. The Kier molecular flexibility index (Phi) is 6.94. The molecule has 1 unspecified atom stereocenters. The second-order valence-corrected chi connectivity index (χ2v) is 7.19. The zero-order chi connectivity index (χ0) is 15.9. The van der Waals surface area contributed by atoms with Crippen LogP contribution in [-0.2, 0) is 10.0 Å². The molecular formula is C14H25N3O3S. The summed E-state index contributed by atoms with van der Waals surface area (Å²) < 4.78 is 31.9. The van der Waals surface area contributed by atoms with Crippen molar-refractivity contribution in [1.29, 1.82) is 0 Å². The van der Waals surface area contributed by atoms with Crippen LogP contribution in [0.5, 0.6) is 5.75 Å². The number of nitrogens with two attached hydrogens (primary N) is 1. The molecule has 6 nitrogen and oxygen atoms in total. The van der Waals surface area contributed by atoms with Crippen LogP contribution < -0.4 is 15.2 Å². The summed E-state index contributed by atoms with van der Waals surface area (Å²) in [6.07, 6.45) is 0.763. The first kappa shape index (κ1) is 17.7. The molecule has 0 spiro atoms. The molecule has 0 radical (unpaired) electrons. The van der Waals surface area contributed by atoms with E-state index in [2.05, 4.69) is 4.72 Å². The second-order valence-electron chi connectivity index (χ2n) is 5.32. The Balaban J connectivity index is 2.38. The van der Waals surface area contributed by atoms with Crippen LogP contribution in [0.2, 0.25) is 0 Å². The van der Waals surface area contributed by atoms with Crippen LogP contribution in [0.3, 0.4) is 0 Å². The summed E-state index contributed by atoms with van der Waals surface area (Å²) in [6, 6.07) is 6.93. The van der Waals surface area contributed by atoms with Gasteiger partial charge in [-0.3, -0.25) is 0 Å². The van der Waals surface area contributed by atoms with Crippen molar-refractivity contribution in [2.75, 3.05) is 38.7 Å². The Labute approximate surface area is 127 Å². The topological polar surface area (TPSA) is 84.7 Å². The molecule has 0 saturated heterocycles. The van der Waals surface area contributed by atoms with E-state index >= 15 is 0 Å². The fourth-order valence-electron chi connectivity index (χ4n) is 1.75. The van der Waals surface area contributed by atoms with Crippen molar-refractivity contribution in [1.82, 2.24) is 9.62 Å². The lowest BCUT2D eigenvalue weighted by molar-refractivity contribution is 0.341. The van der Waals surface area contributed by atoms with Gasteiger partial charge in [0.15, 0.2) is 0 Å². The normalized spacial score (nSPS) is 13.3. The van der Waals surface area contributed by atoms with Gasteiger partial charge in [0, 0.05) is 6.04 Å². The molecule has 0 amide bonds. The van der Waals surface area contributed by atoms with E-state index in [1.165, 1.54) is 0 Å². The zero-order valence-electron chi connectivity index (χ0n) is 12.9. The van der Waals surface area contributed by atoms with E-state index in [1.54, 1.807) is 24.3 Å². The molecule has 0 aliphatic rings. The molecule has 3 N–H and O–H groups in total. The van der Waals surface area contributed by atoms with Gasteiger partial charge in [0.1, 0.15) is 12.4 Å². The number of nitrogen functional groups attached to an aromatic ring is 1. The predicted octanol–water partition coefficient (Wildman–Crippen LogP) is 0.907. The highest BCUT2D eigenvalue weighted by Crippen LogP contribution is 2.19. The molecule has 1 aromatic carbocycles. The van der Waals surface area contributed by atoms with Gasteiger partial charge in [-0.05, 0) is 46.1 Å². The fourth-order valence-corrected chi connectivity index (χ4v) is 2.90. The minimum atomic E-state index is -3.35. The van der Waals surface area contributed by atoms with Gasteiger partial charge in [0.05, 0.1) is 11.4 Å².